The van der Waals surface area contributed by atoms with Gasteiger partial charge < -0.3 is 4.74 Å². The molecule has 22 heavy (non-hydrogen) atoms. The SMILES string of the molecule is COc1nc(F)c(F)nc1NS(=O)(=O)c1cccc(Cl)c1Cl. The third kappa shape index (κ3) is 3.21. The monoisotopic (exact) mass is 369 g/mol. The molecule has 0 saturated heterocycles. The van der Waals surface area contributed by atoms with Gasteiger partial charge in [0, 0.05) is 0 Å². The molecule has 1 aromatic carbocycles. The standard InChI is InChI=1S/C11H7Cl2F2N3O3S/c1-21-11-10(16-8(14)9(15)17-11)18-22(19,20)6-4-2-3-5(12)7(6)13/h2-4H,1H3,(H,16,18). The van der Waals surface area contributed by atoms with Crippen molar-refractivity contribution in [2.75, 3.05) is 11.8 Å². The number of halogens is 4. The van der Waals surface area contributed by atoms with Gasteiger partial charge in [0.15, 0.2) is 0 Å². The number of benzene rings is 1. The Hall–Kier alpha value is -1.71. The lowest BCUT2D eigenvalue weighted by molar-refractivity contribution is 0.370. The van der Waals surface area contributed by atoms with Crippen LogP contribution in [-0.2, 0) is 10.0 Å². The van der Waals surface area contributed by atoms with Crippen LogP contribution in [0, 0.1) is 11.9 Å². The predicted molar refractivity (Wildman–Crippen MR) is 75.8 cm³/mol. The van der Waals surface area contributed by atoms with Crippen molar-refractivity contribution in [1.29, 1.82) is 0 Å². The number of aromatic nitrogens is 2. The zero-order valence-electron chi connectivity index (χ0n) is 10.8. The number of sulfonamides is 1. The molecule has 0 aliphatic rings. The zero-order valence-corrected chi connectivity index (χ0v) is 13.1. The van der Waals surface area contributed by atoms with E-state index in [1.165, 1.54) is 18.2 Å². The van der Waals surface area contributed by atoms with Gasteiger partial charge >= 0.3 is 0 Å². The maximum absolute atomic E-state index is 13.1. The van der Waals surface area contributed by atoms with E-state index in [1.807, 2.05) is 4.72 Å². The Morgan fingerprint density at radius 1 is 1.18 bits per heavy atom. The lowest BCUT2D eigenvalue weighted by Crippen LogP contribution is -2.17. The van der Waals surface area contributed by atoms with E-state index in [0.717, 1.165) is 7.11 Å². The molecule has 11 heteroatoms. The normalized spacial score (nSPS) is 11.3. The van der Waals surface area contributed by atoms with E-state index in [-0.39, 0.29) is 14.9 Å². The summed E-state index contributed by atoms with van der Waals surface area (Å²) in [5.41, 5.74) is 0. The Labute approximate surface area is 134 Å². The third-order valence-electron chi connectivity index (χ3n) is 2.41. The Kier molecular flexibility index (Phi) is 4.69. The second-order valence-electron chi connectivity index (χ2n) is 3.82. The van der Waals surface area contributed by atoms with E-state index in [0.29, 0.717) is 0 Å². The average Bonchev–Trinajstić information content (AvgIpc) is 2.45. The fourth-order valence-corrected chi connectivity index (χ4v) is 3.23. The summed E-state index contributed by atoms with van der Waals surface area (Å²) in [7, 11) is -3.18. The maximum atomic E-state index is 13.1. The van der Waals surface area contributed by atoms with Crippen molar-refractivity contribution in [3.8, 4) is 5.88 Å². The molecule has 118 valence electrons. The van der Waals surface area contributed by atoms with Gasteiger partial charge in [-0.25, -0.2) is 8.42 Å². The van der Waals surface area contributed by atoms with Crippen molar-refractivity contribution in [2.24, 2.45) is 0 Å². The molecule has 0 atom stereocenters. The topological polar surface area (TPSA) is 81.2 Å². The van der Waals surface area contributed by atoms with Crippen LogP contribution in [0.25, 0.3) is 0 Å². The quantitative estimate of drug-likeness (QED) is 0.895. The van der Waals surface area contributed by atoms with Crippen LogP contribution < -0.4 is 9.46 Å². The van der Waals surface area contributed by atoms with E-state index in [4.69, 9.17) is 23.2 Å². The molecular weight excluding hydrogens is 363 g/mol. The smallest absolute Gasteiger partial charge is 0.271 e. The first-order valence-corrected chi connectivity index (χ1v) is 7.74. The largest absolute Gasteiger partial charge is 0.478 e. The summed E-state index contributed by atoms with van der Waals surface area (Å²) >= 11 is 11.6. The molecule has 0 bridgehead atoms. The molecule has 1 N–H and O–H groups in total. The fraction of sp³-hybridized carbons (Fsp3) is 0.0909. The van der Waals surface area contributed by atoms with Crippen LogP contribution in [0.3, 0.4) is 0 Å². The Morgan fingerprint density at radius 2 is 1.82 bits per heavy atom. The molecule has 0 aliphatic carbocycles. The van der Waals surface area contributed by atoms with Gasteiger partial charge in [0.1, 0.15) is 4.90 Å². The number of hydrogen-bond acceptors (Lipinski definition) is 5. The summed E-state index contributed by atoms with van der Waals surface area (Å²) in [4.78, 5) is 5.84. The van der Waals surface area contributed by atoms with Crippen molar-refractivity contribution < 1.29 is 21.9 Å². The Bertz CT molecular complexity index is 834. The third-order valence-corrected chi connectivity index (χ3v) is 4.72. The van der Waals surface area contributed by atoms with Gasteiger partial charge in [-0.15, -0.1) is 0 Å². The minimum absolute atomic E-state index is 0.00729. The van der Waals surface area contributed by atoms with Crippen molar-refractivity contribution in [2.45, 2.75) is 4.90 Å². The molecule has 1 aromatic heterocycles. The molecular formula is C11H7Cl2F2N3O3S. The lowest BCUT2D eigenvalue weighted by atomic mass is 10.4. The highest BCUT2D eigenvalue weighted by Gasteiger charge is 2.24. The van der Waals surface area contributed by atoms with Crippen LogP contribution in [0.2, 0.25) is 10.0 Å². The van der Waals surface area contributed by atoms with Crippen LogP contribution in [0.15, 0.2) is 23.1 Å². The zero-order chi connectivity index (χ0) is 16.5. The minimum Gasteiger partial charge on any atom is -0.478 e. The van der Waals surface area contributed by atoms with Gasteiger partial charge in [-0.05, 0) is 12.1 Å². The number of ether oxygens (including phenoxy) is 1. The second kappa shape index (κ2) is 6.19. The van der Waals surface area contributed by atoms with Crippen LogP contribution in [0.5, 0.6) is 5.88 Å². The number of nitrogens with zero attached hydrogens (tertiary/aromatic N) is 2. The summed E-state index contributed by atoms with van der Waals surface area (Å²) in [5, 5.41) is -0.223. The van der Waals surface area contributed by atoms with E-state index in [9.17, 15) is 17.2 Å². The van der Waals surface area contributed by atoms with Crippen LogP contribution in [0.1, 0.15) is 0 Å². The molecule has 2 rings (SSSR count). The van der Waals surface area contributed by atoms with Crippen molar-refractivity contribution >= 4 is 39.0 Å². The highest BCUT2D eigenvalue weighted by Crippen LogP contribution is 2.31. The van der Waals surface area contributed by atoms with Gasteiger partial charge in [-0.1, -0.05) is 29.3 Å². The van der Waals surface area contributed by atoms with E-state index in [1.54, 1.807) is 0 Å². The second-order valence-corrected chi connectivity index (χ2v) is 6.26. The highest BCUT2D eigenvalue weighted by molar-refractivity contribution is 7.92. The Balaban J connectivity index is 2.50. The van der Waals surface area contributed by atoms with Gasteiger partial charge in [0.2, 0.25) is 5.82 Å². The molecule has 0 spiro atoms. The van der Waals surface area contributed by atoms with E-state index >= 15 is 0 Å². The number of hydrogen-bond donors (Lipinski definition) is 1. The molecule has 0 fully saturated rings. The fourth-order valence-electron chi connectivity index (χ4n) is 1.46. The molecule has 0 aliphatic heterocycles. The van der Waals surface area contributed by atoms with Crippen molar-refractivity contribution in [1.82, 2.24) is 9.97 Å². The van der Waals surface area contributed by atoms with Gasteiger partial charge in [0.25, 0.3) is 27.8 Å². The highest BCUT2D eigenvalue weighted by atomic mass is 35.5. The molecule has 0 unspecified atom stereocenters. The summed E-state index contributed by atoms with van der Waals surface area (Å²) in [6.45, 7) is 0. The lowest BCUT2D eigenvalue weighted by Gasteiger charge is -2.11. The number of anilines is 1. The van der Waals surface area contributed by atoms with Gasteiger partial charge in [0.05, 0.1) is 17.2 Å². The first kappa shape index (κ1) is 16.7. The minimum atomic E-state index is -4.27. The van der Waals surface area contributed by atoms with E-state index in [2.05, 4.69) is 14.7 Å². The molecule has 2 aromatic rings. The first-order chi connectivity index (χ1) is 10.3. The van der Waals surface area contributed by atoms with Crippen LogP contribution in [-0.4, -0.2) is 25.5 Å². The summed E-state index contributed by atoms with van der Waals surface area (Å²) < 4.78 is 57.2. The number of methoxy groups -OCH3 is 1. The van der Waals surface area contributed by atoms with E-state index < -0.39 is 33.6 Å². The number of rotatable bonds is 4. The summed E-state index contributed by atoms with van der Waals surface area (Å²) in [6.07, 6.45) is 0. The number of nitrogens with one attached hydrogen (secondary N) is 1. The molecule has 0 saturated carbocycles. The van der Waals surface area contributed by atoms with Crippen molar-refractivity contribution in [3.05, 3.63) is 40.1 Å². The maximum Gasteiger partial charge on any atom is 0.271 e. The summed E-state index contributed by atoms with van der Waals surface area (Å²) in [6, 6.07) is 3.92. The van der Waals surface area contributed by atoms with Crippen LogP contribution >= 0.6 is 23.2 Å². The summed E-state index contributed by atoms with van der Waals surface area (Å²) in [5.74, 6) is -4.28. The van der Waals surface area contributed by atoms with Gasteiger partial charge in [-0.2, -0.15) is 18.7 Å². The van der Waals surface area contributed by atoms with Gasteiger partial charge in [-0.3, -0.25) is 4.72 Å². The van der Waals surface area contributed by atoms with Crippen molar-refractivity contribution in [3.63, 3.8) is 0 Å². The molecule has 6 nitrogen and oxygen atoms in total. The van der Waals surface area contributed by atoms with Crippen LogP contribution in [0.4, 0.5) is 14.6 Å². The molecule has 0 amide bonds. The first-order valence-electron chi connectivity index (χ1n) is 5.50. The molecule has 0 radical (unpaired) electrons. The Morgan fingerprint density at radius 3 is 2.45 bits per heavy atom. The average molecular weight is 370 g/mol. The molecule has 1 heterocycles. The predicted octanol–water partition coefficient (Wildman–Crippen LogP) is 2.87.